The monoisotopic (exact) mass is 326 g/mol. The van der Waals surface area contributed by atoms with Crippen molar-refractivity contribution in [1.29, 1.82) is 0 Å². The van der Waals surface area contributed by atoms with Crippen molar-refractivity contribution in [2.75, 3.05) is 0 Å². The molecule has 0 aliphatic heterocycles. The third-order valence-corrected chi connectivity index (χ3v) is 3.67. The van der Waals surface area contributed by atoms with Gasteiger partial charge in [0, 0.05) is 23.6 Å². The molecule has 24 heavy (non-hydrogen) atoms. The molecule has 0 saturated heterocycles. The number of ether oxygens (including phenoxy) is 1. The van der Waals surface area contributed by atoms with Crippen LogP contribution in [-0.2, 0) is 6.54 Å². The number of nitro groups is 1. The molecule has 0 unspecified atom stereocenters. The topological polar surface area (TPSA) is 94.6 Å². The van der Waals surface area contributed by atoms with Crippen LogP contribution in [0, 0.1) is 17.0 Å². The first kappa shape index (κ1) is 15.5. The fraction of sp³-hybridized carbons (Fsp3) is 0.118. The first-order valence-electron chi connectivity index (χ1n) is 7.18. The minimum Gasteiger partial charge on any atom is -0.449 e. The van der Waals surface area contributed by atoms with Crippen molar-refractivity contribution in [2.24, 2.45) is 0 Å². The zero-order valence-corrected chi connectivity index (χ0v) is 12.8. The predicted molar refractivity (Wildman–Crippen MR) is 87.5 cm³/mol. The second-order valence-corrected chi connectivity index (χ2v) is 5.43. The van der Waals surface area contributed by atoms with Crippen LogP contribution in [-0.4, -0.2) is 20.8 Å². The number of aryl methyl sites for hydroxylation is 1. The molecule has 3 rings (SSSR count). The highest BCUT2D eigenvalue weighted by atomic mass is 16.7. The standard InChI is InChI=1S/C17H14N2O5/c1-11-3-2-4-12(7-11)10-18-15-6-5-14(19(22)23)8-13(15)9-16(18)24-17(20)21/h2-9H,10H2,1H3,(H,20,21). The normalized spacial score (nSPS) is 10.7. The van der Waals surface area contributed by atoms with Crippen LogP contribution in [0.5, 0.6) is 5.88 Å². The number of carboxylic acid groups (broad SMARTS) is 1. The molecule has 0 amide bonds. The molecule has 0 spiro atoms. The number of aromatic nitrogens is 1. The SMILES string of the molecule is Cc1cccc(Cn2c(OC(=O)O)cc3cc([N+](=O)[O-])ccc32)c1. The highest BCUT2D eigenvalue weighted by molar-refractivity contribution is 5.85. The summed E-state index contributed by atoms with van der Waals surface area (Å²) in [7, 11) is 0. The number of benzene rings is 2. The number of non-ortho nitro benzene ring substituents is 1. The van der Waals surface area contributed by atoms with Crippen molar-refractivity contribution in [3.63, 3.8) is 0 Å². The van der Waals surface area contributed by atoms with Gasteiger partial charge in [-0.15, -0.1) is 0 Å². The molecule has 0 saturated carbocycles. The van der Waals surface area contributed by atoms with Crippen molar-refractivity contribution in [2.45, 2.75) is 13.5 Å². The van der Waals surface area contributed by atoms with Gasteiger partial charge < -0.3 is 14.4 Å². The van der Waals surface area contributed by atoms with E-state index in [0.717, 1.165) is 11.1 Å². The summed E-state index contributed by atoms with van der Waals surface area (Å²) in [6.07, 6.45) is -1.43. The smallest absolute Gasteiger partial charge is 0.449 e. The molecule has 1 heterocycles. The third-order valence-electron chi connectivity index (χ3n) is 3.67. The number of rotatable bonds is 4. The maximum Gasteiger partial charge on any atom is 0.512 e. The van der Waals surface area contributed by atoms with Crippen LogP contribution in [0.1, 0.15) is 11.1 Å². The average Bonchev–Trinajstić information content (AvgIpc) is 2.83. The van der Waals surface area contributed by atoms with Gasteiger partial charge in [0.1, 0.15) is 0 Å². The van der Waals surface area contributed by atoms with E-state index in [2.05, 4.69) is 0 Å². The summed E-state index contributed by atoms with van der Waals surface area (Å²) in [6, 6.07) is 13.7. The molecule has 7 nitrogen and oxygen atoms in total. The minimum absolute atomic E-state index is 0.0583. The van der Waals surface area contributed by atoms with E-state index in [1.807, 2.05) is 31.2 Å². The Labute approximate surface area is 136 Å². The van der Waals surface area contributed by atoms with Gasteiger partial charge in [-0.05, 0) is 18.6 Å². The van der Waals surface area contributed by atoms with E-state index in [-0.39, 0.29) is 11.6 Å². The Morgan fingerprint density at radius 2 is 2.04 bits per heavy atom. The average molecular weight is 326 g/mol. The predicted octanol–water partition coefficient (Wildman–Crippen LogP) is 3.96. The second-order valence-electron chi connectivity index (χ2n) is 5.43. The summed E-state index contributed by atoms with van der Waals surface area (Å²) >= 11 is 0. The van der Waals surface area contributed by atoms with E-state index in [1.54, 1.807) is 10.6 Å². The third kappa shape index (κ3) is 3.05. The molecule has 0 radical (unpaired) electrons. The van der Waals surface area contributed by atoms with Gasteiger partial charge in [-0.25, -0.2) is 4.79 Å². The number of hydrogen-bond acceptors (Lipinski definition) is 4. The molecule has 0 fully saturated rings. The lowest BCUT2D eigenvalue weighted by atomic mass is 10.1. The summed E-state index contributed by atoms with van der Waals surface area (Å²) in [6.45, 7) is 2.36. The summed E-state index contributed by atoms with van der Waals surface area (Å²) in [4.78, 5) is 21.4. The zero-order chi connectivity index (χ0) is 17.3. The summed E-state index contributed by atoms with van der Waals surface area (Å²) in [5.74, 6) is 0.125. The Balaban J connectivity index is 2.11. The highest BCUT2D eigenvalue weighted by Crippen LogP contribution is 2.30. The van der Waals surface area contributed by atoms with Crippen molar-refractivity contribution < 1.29 is 19.6 Å². The van der Waals surface area contributed by atoms with E-state index >= 15 is 0 Å². The zero-order valence-electron chi connectivity index (χ0n) is 12.8. The van der Waals surface area contributed by atoms with Crippen LogP contribution >= 0.6 is 0 Å². The Morgan fingerprint density at radius 3 is 2.71 bits per heavy atom. The van der Waals surface area contributed by atoms with Gasteiger partial charge in [0.05, 0.1) is 17.0 Å². The Kier molecular flexibility index (Phi) is 3.91. The first-order valence-corrected chi connectivity index (χ1v) is 7.18. The lowest BCUT2D eigenvalue weighted by molar-refractivity contribution is -0.384. The van der Waals surface area contributed by atoms with E-state index in [0.29, 0.717) is 17.4 Å². The molecular weight excluding hydrogens is 312 g/mol. The molecule has 122 valence electrons. The van der Waals surface area contributed by atoms with Crippen LogP contribution in [0.3, 0.4) is 0 Å². The maximum atomic E-state index is 10.9. The molecule has 0 aliphatic rings. The maximum absolute atomic E-state index is 10.9. The largest absolute Gasteiger partial charge is 0.512 e. The molecule has 0 aliphatic carbocycles. The van der Waals surface area contributed by atoms with Crippen molar-refractivity contribution in [3.8, 4) is 5.88 Å². The van der Waals surface area contributed by atoms with Gasteiger partial charge in [-0.3, -0.25) is 10.1 Å². The molecule has 1 aromatic heterocycles. The lowest BCUT2D eigenvalue weighted by Gasteiger charge is -2.10. The van der Waals surface area contributed by atoms with Gasteiger partial charge in [0.25, 0.3) is 5.69 Å². The van der Waals surface area contributed by atoms with Gasteiger partial charge in [0.15, 0.2) is 0 Å². The number of carbonyl (C=O) groups is 1. The Morgan fingerprint density at radius 1 is 1.25 bits per heavy atom. The minimum atomic E-state index is -1.43. The fourth-order valence-corrected chi connectivity index (χ4v) is 2.68. The molecule has 0 atom stereocenters. The van der Waals surface area contributed by atoms with Crippen LogP contribution in [0.2, 0.25) is 0 Å². The molecule has 0 bridgehead atoms. The van der Waals surface area contributed by atoms with Crippen LogP contribution < -0.4 is 4.74 Å². The first-order chi connectivity index (χ1) is 11.4. The number of fused-ring (bicyclic) bond motifs is 1. The van der Waals surface area contributed by atoms with Gasteiger partial charge in [-0.1, -0.05) is 29.8 Å². The van der Waals surface area contributed by atoms with Gasteiger partial charge >= 0.3 is 6.16 Å². The fourth-order valence-electron chi connectivity index (χ4n) is 2.68. The highest BCUT2D eigenvalue weighted by Gasteiger charge is 2.16. The van der Waals surface area contributed by atoms with Crippen molar-refractivity contribution >= 4 is 22.7 Å². The summed E-state index contributed by atoms with van der Waals surface area (Å²) in [5, 5.41) is 20.4. The van der Waals surface area contributed by atoms with Crippen molar-refractivity contribution in [1.82, 2.24) is 4.57 Å². The Bertz CT molecular complexity index is 945. The lowest BCUT2D eigenvalue weighted by Crippen LogP contribution is -2.09. The molecule has 2 aromatic carbocycles. The van der Waals surface area contributed by atoms with Crippen LogP contribution in [0.4, 0.5) is 10.5 Å². The number of nitro benzene ring substituents is 1. The number of nitrogens with zero attached hydrogens (tertiary/aromatic N) is 2. The van der Waals surface area contributed by atoms with E-state index in [9.17, 15) is 14.9 Å². The second kappa shape index (κ2) is 6.04. The van der Waals surface area contributed by atoms with E-state index in [4.69, 9.17) is 9.84 Å². The molecule has 7 heteroatoms. The summed E-state index contributed by atoms with van der Waals surface area (Å²) in [5.41, 5.74) is 2.66. The van der Waals surface area contributed by atoms with Gasteiger partial charge in [0.2, 0.25) is 5.88 Å². The van der Waals surface area contributed by atoms with Gasteiger partial charge in [-0.2, -0.15) is 0 Å². The molecular formula is C17H14N2O5. The van der Waals surface area contributed by atoms with E-state index in [1.165, 1.54) is 18.2 Å². The van der Waals surface area contributed by atoms with E-state index < -0.39 is 11.1 Å². The van der Waals surface area contributed by atoms with Crippen molar-refractivity contribution in [3.05, 3.63) is 69.8 Å². The number of hydrogen-bond donors (Lipinski definition) is 1. The van der Waals surface area contributed by atoms with Crippen LogP contribution in [0.25, 0.3) is 10.9 Å². The molecule has 3 aromatic rings. The summed E-state index contributed by atoms with van der Waals surface area (Å²) < 4.78 is 6.53. The molecule has 1 N–H and O–H groups in total. The van der Waals surface area contributed by atoms with Crippen LogP contribution in [0.15, 0.2) is 48.5 Å². The quantitative estimate of drug-likeness (QED) is 0.445. The Hall–Kier alpha value is -3.35.